The van der Waals surface area contributed by atoms with Crippen LogP contribution in [-0.4, -0.2) is 38.6 Å². The van der Waals surface area contributed by atoms with Gasteiger partial charge in [-0.05, 0) is 73.2 Å². The predicted molar refractivity (Wildman–Crippen MR) is 125 cm³/mol. The van der Waals surface area contributed by atoms with Crippen LogP contribution in [0.5, 0.6) is 5.75 Å². The Balaban J connectivity index is 1.38. The smallest absolute Gasteiger partial charge is 0.164 e. The van der Waals surface area contributed by atoms with Crippen LogP contribution < -0.4 is 4.74 Å². The van der Waals surface area contributed by atoms with Crippen molar-refractivity contribution in [1.29, 1.82) is 0 Å². The molecule has 2 aliphatic carbocycles. The highest BCUT2D eigenvalue weighted by atomic mass is 79.9. The molecule has 6 rings (SSSR count). The van der Waals surface area contributed by atoms with Gasteiger partial charge in [-0.2, -0.15) is 0 Å². The van der Waals surface area contributed by atoms with Gasteiger partial charge in [-0.1, -0.05) is 11.6 Å². The molecule has 174 valence electrons. The van der Waals surface area contributed by atoms with Crippen molar-refractivity contribution in [1.82, 2.24) is 14.5 Å². The van der Waals surface area contributed by atoms with Crippen molar-refractivity contribution in [3.63, 3.8) is 0 Å². The molecule has 0 radical (unpaired) electrons. The van der Waals surface area contributed by atoms with Crippen LogP contribution in [0.3, 0.4) is 0 Å². The van der Waals surface area contributed by atoms with E-state index in [1.807, 2.05) is 20.0 Å². The number of ether oxygens (including phenoxy) is 3. The van der Waals surface area contributed by atoms with Gasteiger partial charge < -0.3 is 18.8 Å². The summed E-state index contributed by atoms with van der Waals surface area (Å²) in [4.78, 5) is 8.61. The quantitative estimate of drug-likeness (QED) is 0.397. The van der Waals surface area contributed by atoms with Gasteiger partial charge in [0, 0.05) is 22.7 Å². The van der Waals surface area contributed by atoms with Crippen molar-refractivity contribution in [2.24, 2.45) is 0 Å². The molecular formula is C24H24BrClFN3O3. The lowest BCUT2D eigenvalue weighted by Gasteiger charge is -2.26. The average Bonchev–Trinajstić information content (AvgIpc) is 3.39. The molecule has 0 amide bonds. The number of aromatic nitrogens is 3. The minimum absolute atomic E-state index is 0.0715. The minimum atomic E-state index is -0.731. The first-order valence-electron chi connectivity index (χ1n) is 11.3. The molecule has 4 atom stereocenters. The number of hydrogen-bond donors (Lipinski definition) is 0. The number of benzene rings is 1. The first kappa shape index (κ1) is 21.8. The first-order chi connectivity index (χ1) is 15.8. The molecule has 3 aliphatic rings. The number of fused-ring (bicyclic) bond motifs is 3. The third-order valence-electron chi connectivity index (χ3n) is 6.97. The van der Waals surface area contributed by atoms with E-state index < -0.39 is 5.79 Å². The van der Waals surface area contributed by atoms with Gasteiger partial charge in [0.05, 0.1) is 11.4 Å². The largest absolute Gasteiger partial charge is 0.487 e. The lowest BCUT2D eigenvalue weighted by Crippen LogP contribution is -2.33. The van der Waals surface area contributed by atoms with E-state index in [0.29, 0.717) is 11.6 Å². The van der Waals surface area contributed by atoms with Crippen molar-refractivity contribution in [3.05, 3.63) is 51.2 Å². The van der Waals surface area contributed by atoms with Crippen molar-refractivity contribution in [2.75, 3.05) is 0 Å². The molecule has 1 aliphatic heterocycles. The second-order valence-electron chi connectivity index (χ2n) is 9.48. The summed E-state index contributed by atoms with van der Waals surface area (Å²) in [5.41, 5.74) is 2.52. The Hall–Kier alpha value is -1.74. The van der Waals surface area contributed by atoms with Crippen molar-refractivity contribution in [2.45, 2.75) is 76.1 Å². The van der Waals surface area contributed by atoms with Gasteiger partial charge in [-0.25, -0.2) is 14.4 Å². The Morgan fingerprint density at radius 3 is 2.73 bits per heavy atom. The van der Waals surface area contributed by atoms with Crippen LogP contribution in [0.4, 0.5) is 4.39 Å². The predicted octanol–water partition coefficient (Wildman–Crippen LogP) is 5.78. The molecule has 33 heavy (non-hydrogen) atoms. The summed E-state index contributed by atoms with van der Waals surface area (Å²) in [6.45, 7) is 3.84. The molecule has 0 bridgehead atoms. The standard InChI is InChI=1S/C24H24BrClFN3O3/c1-24(2)32-20-16(30-10-14(25)19-22(26)28-11-29-23(19)30)9-18(21(20)33-24)31-17-8-7-15(27)12-5-3-4-6-13(12)17/h7-8,10-11,16,18,20-21H,3-6,9H2,1-2H3/t16-,18+,20+,21-/m1/s1. The number of hydrogen-bond acceptors (Lipinski definition) is 5. The molecule has 0 unspecified atom stereocenters. The minimum Gasteiger partial charge on any atom is -0.487 e. The van der Waals surface area contributed by atoms with Crippen molar-refractivity contribution < 1.29 is 18.6 Å². The Labute approximate surface area is 204 Å². The van der Waals surface area contributed by atoms with Crippen LogP contribution in [0, 0.1) is 5.82 Å². The summed E-state index contributed by atoms with van der Waals surface area (Å²) in [6, 6.07) is 3.21. The number of rotatable bonds is 3. The zero-order chi connectivity index (χ0) is 22.9. The monoisotopic (exact) mass is 535 g/mol. The van der Waals surface area contributed by atoms with Gasteiger partial charge >= 0.3 is 0 Å². The van der Waals surface area contributed by atoms with E-state index in [9.17, 15) is 4.39 Å². The highest BCUT2D eigenvalue weighted by molar-refractivity contribution is 9.10. The molecule has 1 saturated heterocycles. The van der Waals surface area contributed by atoms with Gasteiger partial charge in [-0.15, -0.1) is 0 Å². The van der Waals surface area contributed by atoms with E-state index >= 15 is 0 Å². The highest BCUT2D eigenvalue weighted by Gasteiger charge is 2.56. The molecule has 1 saturated carbocycles. The van der Waals surface area contributed by atoms with Crippen molar-refractivity contribution >= 4 is 38.6 Å². The topological polar surface area (TPSA) is 58.4 Å². The Bertz CT molecular complexity index is 1250. The van der Waals surface area contributed by atoms with E-state index in [1.165, 1.54) is 12.4 Å². The Morgan fingerprint density at radius 1 is 1.15 bits per heavy atom. The van der Waals surface area contributed by atoms with Crippen LogP contribution in [0.25, 0.3) is 11.0 Å². The van der Waals surface area contributed by atoms with Crippen LogP contribution >= 0.6 is 27.5 Å². The third kappa shape index (κ3) is 3.57. The average molecular weight is 537 g/mol. The number of halogens is 3. The van der Waals surface area contributed by atoms with Crippen LogP contribution in [0.15, 0.2) is 29.1 Å². The van der Waals surface area contributed by atoms with Crippen LogP contribution in [0.1, 0.15) is 50.3 Å². The Kier molecular flexibility index (Phi) is 5.21. The molecule has 6 nitrogen and oxygen atoms in total. The fourth-order valence-electron chi connectivity index (χ4n) is 5.62. The second-order valence-corrected chi connectivity index (χ2v) is 10.7. The summed E-state index contributed by atoms with van der Waals surface area (Å²) in [5.74, 6) is -0.112. The summed E-state index contributed by atoms with van der Waals surface area (Å²) >= 11 is 9.95. The number of nitrogens with zero attached hydrogens (tertiary/aromatic N) is 3. The van der Waals surface area contributed by atoms with Gasteiger partial charge in [0.15, 0.2) is 5.79 Å². The van der Waals surface area contributed by atoms with E-state index in [0.717, 1.165) is 58.1 Å². The van der Waals surface area contributed by atoms with Gasteiger partial charge in [-0.3, -0.25) is 0 Å². The molecule has 3 aromatic rings. The fourth-order valence-corrected chi connectivity index (χ4v) is 6.55. The summed E-state index contributed by atoms with van der Waals surface area (Å²) in [5, 5.41) is 1.17. The maximum Gasteiger partial charge on any atom is 0.164 e. The lowest BCUT2D eigenvalue weighted by molar-refractivity contribution is -0.163. The molecule has 0 spiro atoms. The third-order valence-corrected chi connectivity index (χ3v) is 7.86. The van der Waals surface area contributed by atoms with Gasteiger partial charge in [0.2, 0.25) is 0 Å². The zero-order valence-corrected chi connectivity index (χ0v) is 20.7. The molecule has 3 heterocycles. The summed E-state index contributed by atoms with van der Waals surface area (Å²) < 4.78 is 36.6. The molecule has 9 heteroatoms. The molecule has 2 fully saturated rings. The lowest BCUT2D eigenvalue weighted by atomic mass is 9.90. The van der Waals surface area contributed by atoms with E-state index in [1.54, 1.807) is 6.07 Å². The normalized spacial score (nSPS) is 28.2. The maximum absolute atomic E-state index is 14.4. The fraction of sp³-hybridized carbons (Fsp3) is 0.500. The molecule has 1 aromatic carbocycles. The molecular weight excluding hydrogens is 513 g/mol. The van der Waals surface area contributed by atoms with Crippen molar-refractivity contribution in [3.8, 4) is 5.75 Å². The van der Waals surface area contributed by atoms with E-state index in [4.69, 9.17) is 25.8 Å². The van der Waals surface area contributed by atoms with E-state index in [2.05, 4.69) is 30.5 Å². The SMILES string of the molecule is CC1(C)O[C@@H]2[C@H](O1)[C@@H](Oc1ccc(F)c3c1CCCC3)C[C@H]2n1cc(Br)c2c(Cl)ncnc21. The van der Waals surface area contributed by atoms with Crippen LogP contribution in [-0.2, 0) is 22.3 Å². The molecule has 0 N–H and O–H groups in total. The zero-order valence-electron chi connectivity index (χ0n) is 18.4. The molecule has 2 aromatic heterocycles. The highest BCUT2D eigenvalue weighted by Crippen LogP contribution is 2.47. The van der Waals surface area contributed by atoms with Gasteiger partial charge in [0.25, 0.3) is 0 Å². The summed E-state index contributed by atoms with van der Waals surface area (Å²) in [7, 11) is 0. The Morgan fingerprint density at radius 2 is 1.91 bits per heavy atom. The first-order valence-corrected chi connectivity index (χ1v) is 12.5. The van der Waals surface area contributed by atoms with Crippen LogP contribution in [0.2, 0.25) is 5.15 Å². The maximum atomic E-state index is 14.4. The second kappa shape index (κ2) is 7.90. The van der Waals surface area contributed by atoms with Gasteiger partial charge in [0.1, 0.15) is 47.0 Å². The van der Waals surface area contributed by atoms with E-state index in [-0.39, 0.29) is 30.2 Å². The summed E-state index contributed by atoms with van der Waals surface area (Å²) in [6.07, 6.45) is 7.02.